The maximum atomic E-state index is 6.30. The van der Waals surface area contributed by atoms with E-state index in [2.05, 4.69) is 31.1 Å². The van der Waals surface area contributed by atoms with Crippen molar-refractivity contribution in [3.05, 3.63) is 46.2 Å². The SMILES string of the molecule is CCc1nn(C)c(COc2ccc(C(C)C)cc2)c1Cl. The van der Waals surface area contributed by atoms with E-state index in [1.54, 1.807) is 4.68 Å². The molecule has 0 aliphatic carbocycles. The van der Waals surface area contributed by atoms with E-state index >= 15 is 0 Å². The number of hydrogen-bond donors (Lipinski definition) is 0. The molecule has 0 unspecified atom stereocenters. The van der Waals surface area contributed by atoms with Gasteiger partial charge in [-0.05, 0) is 30.0 Å². The molecule has 0 saturated heterocycles. The largest absolute Gasteiger partial charge is 0.487 e. The molecule has 1 aromatic heterocycles. The van der Waals surface area contributed by atoms with Gasteiger partial charge in [-0.25, -0.2) is 0 Å². The molecule has 4 heteroatoms. The topological polar surface area (TPSA) is 27.1 Å². The number of aromatic nitrogens is 2. The summed E-state index contributed by atoms with van der Waals surface area (Å²) in [5.41, 5.74) is 3.14. The van der Waals surface area contributed by atoms with Crippen LogP contribution in [0, 0.1) is 0 Å². The molecule has 1 heterocycles. The molecule has 0 bridgehead atoms. The van der Waals surface area contributed by atoms with Gasteiger partial charge in [-0.2, -0.15) is 5.10 Å². The molecule has 0 aliphatic heterocycles. The molecule has 2 rings (SSSR count). The van der Waals surface area contributed by atoms with Gasteiger partial charge in [0.2, 0.25) is 0 Å². The van der Waals surface area contributed by atoms with Crippen LogP contribution in [-0.2, 0) is 20.1 Å². The fourth-order valence-corrected chi connectivity index (χ4v) is 2.43. The van der Waals surface area contributed by atoms with Gasteiger partial charge in [0.15, 0.2) is 0 Å². The predicted molar refractivity (Wildman–Crippen MR) is 82.5 cm³/mol. The number of ether oxygens (including phenoxy) is 1. The number of hydrogen-bond acceptors (Lipinski definition) is 2. The maximum absolute atomic E-state index is 6.30. The van der Waals surface area contributed by atoms with Crippen molar-refractivity contribution >= 4 is 11.6 Å². The molecule has 0 fully saturated rings. The molecule has 108 valence electrons. The minimum atomic E-state index is 0.434. The Balaban J connectivity index is 2.07. The van der Waals surface area contributed by atoms with Crippen molar-refractivity contribution in [2.45, 2.75) is 39.7 Å². The Morgan fingerprint density at radius 3 is 2.40 bits per heavy atom. The Hall–Kier alpha value is -1.48. The molecule has 0 atom stereocenters. The van der Waals surface area contributed by atoms with Gasteiger partial charge < -0.3 is 4.74 Å². The van der Waals surface area contributed by atoms with E-state index in [-0.39, 0.29) is 0 Å². The summed E-state index contributed by atoms with van der Waals surface area (Å²) >= 11 is 6.30. The average molecular weight is 293 g/mol. The number of nitrogens with zero attached hydrogens (tertiary/aromatic N) is 2. The van der Waals surface area contributed by atoms with E-state index in [0.29, 0.717) is 17.5 Å². The zero-order chi connectivity index (χ0) is 14.7. The van der Waals surface area contributed by atoms with Crippen LogP contribution in [0.5, 0.6) is 5.75 Å². The molecule has 3 nitrogen and oxygen atoms in total. The van der Waals surface area contributed by atoms with Gasteiger partial charge in [0.1, 0.15) is 12.4 Å². The van der Waals surface area contributed by atoms with Crippen LogP contribution in [0.25, 0.3) is 0 Å². The lowest BCUT2D eigenvalue weighted by Crippen LogP contribution is -2.03. The number of rotatable bonds is 5. The summed E-state index contributed by atoms with van der Waals surface area (Å²) in [6, 6.07) is 8.20. The van der Waals surface area contributed by atoms with Crippen LogP contribution >= 0.6 is 11.6 Å². The van der Waals surface area contributed by atoms with Crippen LogP contribution in [0.3, 0.4) is 0 Å². The molecule has 0 spiro atoms. The second-order valence-electron chi connectivity index (χ2n) is 5.20. The number of benzene rings is 1. The van der Waals surface area contributed by atoms with Gasteiger partial charge in [0.05, 0.1) is 16.4 Å². The van der Waals surface area contributed by atoms with Gasteiger partial charge in [0.25, 0.3) is 0 Å². The quantitative estimate of drug-likeness (QED) is 0.820. The smallest absolute Gasteiger partial charge is 0.131 e. The molecular weight excluding hydrogens is 272 g/mol. The highest BCUT2D eigenvalue weighted by molar-refractivity contribution is 6.31. The fraction of sp³-hybridized carbons (Fsp3) is 0.438. The first-order valence-corrected chi connectivity index (χ1v) is 7.33. The maximum Gasteiger partial charge on any atom is 0.131 e. The van der Waals surface area contributed by atoms with E-state index in [1.807, 2.05) is 26.1 Å². The minimum absolute atomic E-state index is 0.434. The Labute approximate surface area is 125 Å². The monoisotopic (exact) mass is 292 g/mol. The zero-order valence-electron chi connectivity index (χ0n) is 12.5. The van der Waals surface area contributed by atoms with Crippen molar-refractivity contribution in [1.82, 2.24) is 9.78 Å². The first kappa shape index (κ1) is 14.9. The van der Waals surface area contributed by atoms with Crippen LogP contribution in [-0.4, -0.2) is 9.78 Å². The van der Waals surface area contributed by atoms with Gasteiger partial charge >= 0.3 is 0 Å². The highest BCUT2D eigenvalue weighted by Crippen LogP contribution is 2.23. The lowest BCUT2D eigenvalue weighted by molar-refractivity contribution is 0.295. The van der Waals surface area contributed by atoms with Crippen LogP contribution in [0.2, 0.25) is 5.02 Å². The van der Waals surface area contributed by atoms with Gasteiger partial charge in [-0.3, -0.25) is 4.68 Å². The summed E-state index contributed by atoms with van der Waals surface area (Å²) < 4.78 is 7.60. The van der Waals surface area contributed by atoms with Crippen molar-refractivity contribution in [1.29, 1.82) is 0 Å². The van der Waals surface area contributed by atoms with E-state index in [9.17, 15) is 0 Å². The molecule has 0 amide bonds. The van der Waals surface area contributed by atoms with Crippen molar-refractivity contribution < 1.29 is 4.74 Å². The van der Waals surface area contributed by atoms with Gasteiger partial charge in [-0.15, -0.1) is 0 Å². The first-order valence-electron chi connectivity index (χ1n) is 6.96. The van der Waals surface area contributed by atoms with E-state index < -0.39 is 0 Å². The number of aryl methyl sites for hydroxylation is 2. The molecule has 0 saturated carbocycles. The summed E-state index contributed by atoms with van der Waals surface area (Å²) in [6.07, 6.45) is 0.829. The van der Waals surface area contributed by atoms with Crippen molar-refractivity contribution in [2.75, 3.05) is 0 Å². The Bertz CT molecular complexity index is 573. The number of halogens is 1. The molecule has 0 N–H and O–H groups in total. The van der Waals surface area contributed by atoms with Crippen molar-refractivity contribution in [3.8, 4) is 5.75 Å². The molecule has 20 heavy (non-hydrogen) atoms. The third-order valence-electron chi connectivity index (χ3n) is 3.43. The van der Waals surface area contributed by atoms with Crippen LogP contribution < -0.4 is 4.74 Å². The lowest BCUT2D eigenvalue weighted by atomic mass is 10.0. The van der Waals surface area contributed by atoms with Gasteiger partial charge in [-0.1, -0.05) is 44.5 Å². The van der Waals surface area contributed by atoms with Crippen molar-refractivity contribution in [2.24, 2.45) is 7.05 Å². The van der Waals surface area contributed by atoms with E-state index in [0.717, 1.165) is 23.6 Å². The summed E-state index contributed by atoms with van der Waals surface area (Å²) in [5.74, 6) is 1.38. The van der Waals surface area contributed by atoms with Crippen molar-refractivity contribution in [3.63, 3.8) is 0 Å². The normalized spacial score (nSPS) is 11.1. The first-order chi connectivity index (χ1) is 9.52. The van der Waals surface area contributed by atoms with E-state index in [4.69, 9.17) is 16.3 Å². The molecule has 0 radical (unpaired) electrons. The summed E-state index contributed by atoms with van der Waals surface area (Å²) in [4.78, 5) is 0. The third kappa shape index (κ3) is 3.15. The predicted octanol–water partition coefficient (Wildman–Crippen LogP) is 4.34. The molecular formula is C16H21ClN2O. The van der Waals surface area contributed by atoms with Crippen LogP contribution in [0.4, 0.5) is 0 Å². The molecule has 0 aliphatic rings. The summed E-state index contributed by atoms with van der Waals surface area (Å²) in [6.45, 7) is 6.84. The Morgan fingerprint density at radius 1 is 1.25 bits per heavy atom. The van der Waals surface area contributed by atoms with Crippen LogP contribution in [0.15, 0.2) is 24.3 Å². The second kappa shape index (κ2) is 6.31. The average Bonchev–Trinajstić information content (AvgIpc) is 2.71. The zero-order valence-corrected chi connectivity index (χ0v) is 13.2. The Morgan fingerprint density at radius 2 is 1.90 bits per heavy atom. The van der Waals surface area contributed by atoms with Gasteiger partial charge in [0, 0.05) is 7.05 Å². The molecule has 2 aromatic rings. The highest BCUT2D eigenvalue weighted by atomic mass is 35.5. The molecule has 1 aromatic carbocycles. The second-order valence-corrected chi connectivity index (χ2v) is 5.57. The summed E-state index contributed by atoms with van der Waals surface area (Å²) in [7, 11) is 1.89. The Kier molecular flexibility index (Phi) is 4.71. The van der Waals surface area contributed by atoms with E-state index in [1.165, 1.54) is 5.56 Å². The highest BCUT2D eigenvalue weighted by Gasteiger charge is 2.13. The minimum Gasteiger partial charge on any atom is -0.487 e. The third-order valence-corrected chi connectivity index (χ3v) is 3.86. The fourth-order valence-electron chi connectivity index (χ4n) is 2.08. The summed E-state index contributed by atoms with van der Waals surface area (Å²) in [5, 5.41) is 5.10. The van der Waals surface area contributed by atoms with Crippen LogP contribution in [0.1, 0.15) is 43.6 Å². The lowest BCUT2D eigenvalue weighted by Gasteiger charge is -2.09. The standard InChI is InChI=1S/C16H21ClN2O/c1-5-14-16(17)15(19(4)18-14)10-20-13-8-6-12(7-9-13)11(2)3/h6-9,11H,5,10H2,1-4H3.